The van der Waals surface area contributed by atoms with E-state index in [9.17, 15) is 0 Å². The van der Waals surface area contributed by atoms with Crippen molar-refractivity contribution in [3.8, 4) is 11.3 Å². The van der Waals surface area contributed by atoms with Gasteiger partial charge in [-0.25, -0.2) is 4.98 Å². The van der Waals surface area contributed by atoms with Crippen LogP contribution in [0.3, 0.4) is 0 Å². The predicted octanol–water partition coefficient (Wildman–Crippen LogP) is 2.53. The number of hydrogen-bond acceptors (Lipinski definition) is 3. The van der Waals surface area contributed by atoms with Gasteiger partial charge in [-0.2, -0.15) is 5.10 Å². The monoisotopic (exact) mass is 281 g/mol. The minimum Gasteiger partial charge on any atom is -0.383 e. The molecule has 21 heavy (non-hydrogen) atoms. The maximum absolute atomic E-state index is 6.29. The first-order chi connectivity index (χ1) is 10.1. The summed E-state index contributed by atoms with van der Waals surface area (Å²) < 4.78 is 3.83. The topological polar surface area (TPSA) is 61.7 Å². The van der Waals surface area contributed by atoms with E-state index < -0.39 is 0 Å². The number of hydrogen-bond donors (Lipinski definition) is 1. The lowest BCUT2D eigenvalue weighted by molar-refractivity contribution is 0.731. The second kappa shape index (κ2) is 5.09. The summed E-state index contributed by atoms with van der Waals surface area (Å²) in [6, 6.07) is 10.2. The molecule has 108 valence electrons. The Labute approximate surface area is 124 Å². The number of aryl methyl sites for hydroxylation is 2. The zero-order valence-corrected chi connectivity index (χ0v) is 12.5. The molecule has 3 rings (SSSR count). The Bertz CT molecular complexity index is 768. The Morgan fingerprint density at radius 1 is 1.14 bits per heavy atom. The number of rotatable bonds is 3. The van der Waals surface area contributed by atoms with Crippen molar-refractivity contribution in [2.75, 3.05) is 5.73 Å². The molecule has 0 bridgehead atoms. The molecule has 0 saturated carbocycles. The summed E-state index contributed by atoms with van der Waals surface area (Å²) in [5.41, 5.74) is 11.4. The highest BCUT2D eigenvalue weighted by molar-refractivity contribution is 5.74. The second-order valence-electron chi connectivity index (χ2n) is 5.26. The summed E-state index contributed by atoms with van der Waals surface area (Å²) in [5.74, 6) is 0.679. The average Bonchev–Trinajstić information content (AvgIpc) is 2.93. The van der Waals surface area contributed by atoms with E-state index in [1.54, 1.807) is 6.33 Å². The van der Waals surface area contributed by atoms with E-state index in [-0.39, 0.29) is 0 Å². The van der Waals surface area contributed by atoms with Crippen LogP contribution in [0.15, 0.2) is 36.7 Å². The molecule has 5 heteroatoms. The summed E-state index contributed by atoms with van der Waals surface area (Å²) in [4.78, 5) is 4.50. The number of imidazole rings is 1. The van der Waals surface area contributed by atoms with Crippen LogP contribution in [-0.2, 0) is 13.6 Å². The van der Waals surface area contributed by atoms with Crippen molar-refractivity contribution in [1.29, 1.82) is 0 Å². The summed E-state index contributed by atoms with van der Waals surface area (Å²) in [7, 11) is 1.93. The Balaban J connectivity index is 2.00. The molecule has 5 nitrogen and oxygen atoms in total. The van der Waals surface area contributed by atoms with Crippen molar-refractivity contribution in [3.05, 3.63) is 53.6 Å². The van der Waals surface area contributed by atoms with Crippen molar-refractivity contribution in [1.82, 2.24) is 19.3 Å². The molecule has 0 aliphatic heterocycles. The van der Waals surface area contributed by atoms with Gasteiger partial charge in [-0.1, -0.05) is 30.3 Å². The van der Waals surface area contributed by atoms with Crippen molar-refractivity contribution >= 4 is 5.82 Å². The molecule has 0 atom stereocenters. The van der Waals surface area contributed by atoms with Gasteiger partial charge in [0.05, 0.1) is 18.6 Å². The van der Waals surface area contributed by atoms with Crippen molar-refractivity contribution in [3.63, 3.8) is 0 Å². The fraction of sp³-hybridized carbons (Fsp3) is 0.250. The molecule has 0 aliphatic carbocycles. The van der Waals surface area contributed by atoms with E-state index >= 15 is 0 Å². The lowest BCUT2D eigenvalue weighted by Gasteiger charge is -2.06. The highest BCUT2D eigenvalue weighted by atomic mass is 15.3. The molecular weight excluding hydrogens is 262 g/mol. The normalized spacial score (nSPS) is 11.0. The Hall–Kier alpha value is -2.56. The Morgan fingerprint density at radius 3 is 2.48 bits per heavy atom. The van der Waals surface area contributed by atoms with Crippen LogP contribution in [0.2, 0.25) is 0 Å². The minimum atomic E-state index is 0.679. The van der Waals surface area contributed by atoms with Crippen LogP contribution in [0.4, 0.5) is 5.82 Å². The van der Waals surface area contributed by atoms with E-state index in [2.05, 4.69) is 22.2 Å². The smallest absolute Gasteiger partial charge is 0.131 e. The maximum atomic E-state index is 6.29. The van der Waals surface area contributed by atoms with E-state index in [1.165, 1.54) is 5.56 Å². The van der Waals surface area contributed by atoms with Crippen LogP contribution >= 0.6 is 0 Å². The Morgan fingerprint density at radius 2 is 1.86 bits per heavy atom. The summed E-state index contributed by atoms with van der Waals surface area (Å²) in [6.07, 6.45) is 1.80. The summed E-state index contributed by atoms with van der Waals surface area (Å²) in [6.45, 7) is 4.74. The van der Waals surface area contributed by atoms with E-state index in [1.807, 2.05) is 48.3 Å². The quantitative estimate of drug-likeness (QED) is 0.802. The third-order valence-corrected chi connectivity index (χ3v) is 3.82. The standard InChI is InChI=1S/C16H19N5/c1-11-14(12(2)20(3)19-11)15-16(17)21(10-18-15)9-13-7-5-4-6-8-13/h4-8,10H,9,17H2,1-3H3. The average molecular weight is 281 g/mol. The SMILES string of the molecule is Cc1nn(C)c(C)c1-c1ncn(Cc2ccccc2)c1N. The third-order valence-electron chi connectivity index (χ3n) is 3.82. The van der Waals surface area contributed by atoms with Crippen LogP contribution in [0.5, 0.6) is 0 Å². The van der Waals surface area contributed by atoms with Gasteiger partial charge in [-0.05, 0) is 19.4 Å². The van der Waals surface area contributed by atoms with Gasteiger partial charge in [0.2, 0.25) is 0 Å². The van der Waals surface area contributed by atoms with Gasteiger partial charge >= 0.3 is 0 Å². The van der Waals surface area contributed by atoms with Gasteiger partial charge in [-0.3, -0.25) is 4.68 Å². The summed E-state index contributed by atoms with van der Waals surface area (Å²) >= 11 is 0. The van der Waals surface area contributed by atoms with Crippen LogP contribution < -0.4 is 5.73 Å². The first-order valence-electron chi connectivity index (χ1n) is 6.93. The fourth-order valence-corrected chi connectivity index (χ4v) is 2.61. The molecule has 0 fully saturated rings. The van der Waals surface area contributed by atoms with Crippen LogP contribution in [0.1, 0.15) is 17.0 Å². The molecule has 0 aliphatic rings. The number of nitrogens with zero attached hydrogens (tertiary/aromatic N) is 4. The number of aromatic nitrogens is 4. The van der Waals surface area contributed by atoms with Gasteiger partial charge in [-0.15, -0.1) is 0 Å². The second-order valence-corrected chi connectivity index (χ2v) is 5.26. The number of nitrogen functional groups attached to an aromatic ring is 1. The first kappa shape index (κ1) is 13.4. The number of benzene rings is 1. The van der Waals surface area contributed by atoms with Gasteiger partial charge in [0, 0.05) is 18.3 Å². The van der Waals surface area contributed by atoms with Crippen LogP contribution in [0, 0.1) is 13.8 Å². The molecule has 2 aromatic heterocycles. The van der Waals surface area contributed by atoms with Gasteiger partial charge in [0.25, 0.3) is 0 Å². The minimum absolute atomic E-state index is 0.679. The predicted molar refractivity (Wildman–Crippen MR) is 83.9 cm³/mol. The summed E-state index contributed by atoms with van der Waals surface area (Å²) in [5, 5.41) is 4.43. The molecule has 0 amide bonds. The zero-order chi connectivity index (χ0) is 15.0. The maximum Gasteiger partial charge on any atom is 0.131 e. The van der Waals surface area contributed by atoms with Crippen molar-refractivity contribution < 1.29 is 0 Å². The van der Waals surface area contributed by atoms with Crippen LogP contribution in [0.25, 0.3) is 11.3 Å². The molecule has 2 N–H and O–H groups in total. The van der Waals surface area contributed by atoms with E-state index in [0.717, 1.165) is 29.2 Å². The first-order valence-corrected chi connectivity index (χ1v) is 6.93. The molecule has 0 spiro atoms. The van der Waals surface area contributed by atoms with Crippen LogP contribution in [-0.4, -0.2) is 19.3 Å². The van der Waals surface area contributed by atoms with E-state index in [4.69, 9.17) is 5.73 Å². The molecule has 1 aromatic carbocycles. The largest absolute Gasteiger partial charge is 0.383 e. The lowest BCUT2D eigenvalue weighted by Crippen LogP contribution is -2.03. The molecule has 0 saturated heterocycles. The van der Waals surface area contributed by atoms with Crippen molar-refractivity contribution in [2.45, 2.75) is 20.4 Å². The molecular formula is C16H19N5. The number of anilines is 1. The Kier molecular flexibility index (Phi) is 3.25. The highest BCUT2D eigenvalue weighted by Gasteiger charge is 2.18. The number of nitrogens with two attached hydrogens (primary N) is 1. The molecule has 2 heterocycles. The fourth-order valence-electron chi connectivity index (χ4n) is 2.61. The lowest BCUT2D eigenvalue weighted by atomic mass is 10.1. The van der Waals surface area contributed by atoms with Gasteiger partial charge in [0.1, 0.15) is 11.5 Å². The van der Waals surface area contributed by atoms with E-state index in [0.29, 0.717) is 5.82 Å². The zero-order valence-electron chi connectivity index (χ0n) is 12.5. The van der Waals surface area contributed by atoms with Gasteiger partial charge < -0.3 is 10.3 Å². The highest BCUT2D eigenvalue weighted by Crippen LogP contribution is 2.30. The molecule has 0 radical (unpaired) electrons. The molecule has 0 unspecified atom stereocenters. The molecule has 3 aromatic rings. The van der Waals surface area contributed by atoms with Crippen molar-refractivity contribution in [2.24, 2.45) is 7.05 Å². The third kappa shape index (κ3) is 2.31. The van der Waals surface area contributed by atoms with Gasteiger partial charge in [0.15, 0.2) is 0 Å².